The van der Waals surface area contributed by atoms with Crippen LogP contribution in [-0.4, -0.2) is 24.4 Å². The van der Waals surface area contributed by atoms with E-state index in [0.29, 0.717) is 23.6 Å². The Morgan fingerprint density at radius 1 is 1.09 bits per heavy atom. The lowest BCUT2D eigenvalue weighted by Gasteiger charge is -2.17. The predicted octanol–water partition coefficient (Wildman–Crippen LogP) is 2.88. The number of benzene rings is 2. The van der Waals surface area contributed by atoms with Gasteiger partial charge >= 0.3 is 0 Å². The Morgan fingerprint density at radius 2 is 1.77 bits per heavy atom. The molecule has 1 N–H and O–H groups in total. The minimum atomic E-state index is -0.510. The maximum Gasteiger partial charge on any atom is 0.253 e. The molecular formula is C17H15ClN2O2. The van der Waals surface area contributed by atoms with Crippen molar-refractivity contribution in [1.82, 2.24) is 5.32 Å². The Morgan fingerprint density at radius 3 is 2.50 bits per heavy atom. The van der Waals surface area contributed by atoms with E-state index in [1.54, 1.807) is 29.2 Å². The fourth-order valence-electron chi connectivity index (χ4n) is 2.56. The van der Waals surface area contributed by atoms with E-state index in [4.69, 9.17) is 11.6 Å². The highest BCUT2D eigenvalue weighted by atomic mass is 35.5. The molecule has 1 atom stereocenters. The minimum Gasteiger partial charge on any atom is -0.340 e. The zero-order valence-corrected chi connectivity index (χ0v) is 12.6. The van der Waals surface area contributed by atoms with Crippen molar-refractivity contribution in [3.05, 3.63) is 65.2 Å². The summed E-state index contributed by atoms with van der Waals surface area (Å²) >= 11 is 6.01. The molecule has 0 aliphatic carbocycles. The van der Waals surface area contributed by atoms with E-state index in [-0.39, 0.29) is 11.8 Å². The van der Waals surface area contributed by atoms with Crippen molar-refractivity contribution in [2.24, 2.45) is 0 Å². The molecule has 1 saturated heterocycles. The lowest BCUT2D eigenvalue weighted by Crippen LogP contribution is -2.41. The van der Waals surface area contributed by atoms with E-state index in [2.05, 4.69) is 5.32 Å². The topological polar surface area (TPSA) is 49.4 Å². The number of nitrogens with zero attached hydrogens (tertiary/aromatic N) is 1. The highest BCUT2D eigenvalue weighted by molar-refractivity contribution is 6.33. The fraction of sp³-hybridized carbons (Fsp3) is 0.176. The molecule has 0 aromatic heterocycles. The smallest absolute Gasteiger partial charge is 0.253 e. The first-order chi connectivity index (χ1) is 10.7. The second-order valence-electron chi connectivity index (χ2n) is 5.12. The lowest BCUT2D eigenvalue weighted by molar-refractivity contribution is -0.118. The summed E-state index contributed by atoms with van der Waals surface area (Å²) in [6.07, 6.45) is 0.587. The van der Waals surface area contributed by atoms with E-state index in [0.717, 1.165) is 5.69 Å². The summed E-state index contributed by atoms with van der Waals surface area (Å²) in [7, 11) is 0. The van der Waals surface area contributed by atoms with Crippen molar-refractivity contribution in [3.8, 4) is 0 Å². The third kappa shape index (κ3) is 2.83. The minimum absolute atomic E-state index is 0.0911. The third-order valence-corrected chi connectivity index (χ3v) is 4.03. The SMILES string of the molecule is O=C(NC1CCN(c2ccccc2)C1=O)c1ccccc1Cl. The molecule has 1 heterocycles. The monoisotopic (exact) mass is 314 g/mol. The molecule has 0 spiro atoms. The number of carbonyl (C=O) groups excluding carboxylic acids is 2. The largest absolute Gasteiger partial charge is 0.340 e. The van der Waals surface area contributed by atoms with E-state index in [1.807, 2.05) is 30.3 Å². The number of anilines is 1. The zero-order chi connectivity index (χ0) is 15.5. The standard InChI is InChI=1S/C17H15ClN2O2/c18-14-9-5-4-8-13(14)16(21)19-15-10-11-20(17(15)22)12-6-2-1-3-7-12/h1-9,15H,10-11H2,(H,19,21). The van der Waals surface area contributed by atoms with Gasteiger partial charge in [-0.3, -0.25) is 9.59 Å². The van der Waals surface area contributed by atoms with Crippen LogP contribution in [0.3, 0.4) is 0 Å². The number of para-hydroxylation sites is 1. The fourth-order valence-corrected chi connectivity index (χ4v) is 2.78. The maximum absolute atomic E-state index is 12.4. The summed E-state index contributed by atoms with van der Waals surface area (Å²) in [6.45, 7) is 0.594. The normalized spacial score (nSPS) is 17.6. The molecule has 0 saturated carbocycles. The lowest BCUT2D eigenvalue weighted by atomic mass is 10.2. The molecule has 0 radical (unpaired) electrons. The van der Waals surface area contributed by atoms with Gasteiger partial charge in [-0.1, -0.05) is 41.9 Å². The van der Waals surface area contributed by atoms with Crippen LogP contribution in [0.2, 0.25) is 5.02 Å². The van der Waals surface area contributed by atoms with Crippen LogP contribution in [0.5, 0.6) is 0 Å². The number of rotatable bonds is 3. The van der Waals surface area contributed by atoms with E-state index >= 15 is 0 Å². The molecule has 2 amide bonds. The van der Waals surface area contributed by atoms with Crippen molar-refractivity contribution >= 4 is 29.1 Å². The van der Waals surface area contributed by atoms with Gasteiger partial charge in [0.1, 0.15) is 6.04 Å². The summed E-state index contributed by atoms with van der Waals surface area (Å²) in [5.41, 5.74) is 1.23. The second kappa shape index (κ2) is 6.20. The number of amides is 2. The van der Waals surface area contributed by atoms with Gasteiger partial charge in [-0.2, -0.15) is 0 Å². The van der Waals surface area contributed by atoms with Crippen molar-refractivity contribution in [2.75, 3.05) is 11.4 Å². The molecular weight excluding hydrogens is 300 g/mol. The first kappa shape index (κ1) is 14.6. The third-order valence-electron chi connectivity index (χ3n) is 3.70. The van der Waals surface area contributed by atoms with Crippen LogP contribution in [0.4, 0.5) is 5.69 Å². The first-order valence-corrected chi connectivity index (χ1v) is 7.46. The molecule has 3 rings (SSSR count). The predicted molar refractivity (Wildman–Crippen MR) is 86.1 cm³/mol. The van der Waals surface area contributed by atoms with Crippen LogP contribution in [0.25, 0.3) is 0 Å². The van der Waals surface area contributed by atoms with Crippen molar-refractivity contribution in [2.45, 2.75) is 12.5 Å². The van der Waals surface area contributed by atoms with Crippen LogP contribution < -0.4 is 10.2 Å². The van der Waals surface area contributed by atoms with Gasteiger partial charge in [0.25, 0.3) is 5.91 Å². The van der Waals surface area contributed by atoms with Gasteiger partial charge < -0.3 is 10.2 Å². The van der Waals surface area contributed by atoms with Gasteiger partial charge in [0, 0.05) is 12.2 Å². The van der Waals surface area contributed by atoms with Crippen molar-refractivity contribution in [3.63, 3.8) is 0 Å². The van der Waals surface area contributed by atoms with Crippen LogP contribution in [0.1, 0.15) is 16.8 Å². The van der Waals surface area contributed by atoms with Gasteiger partial charge in [0.15, 0.2) is 0 Å². The molecule has 4 nitrogen and oxygen atoms in total. The van der Waals surface area contributed by atoms with Gasteiger partial charge in [-0.15, -0.1) is 0 Å². The summed E-state index contributed by atoms with van der Waals surface area (Å²) in [6, 6.07) is 15.7. The Bertz CT molecular complexity index is 703. The second-order valence-corrected chi connectivity index (χ2v) is 5.53. The number of halogens is 1. The first-order valence-electron chi connectivity index (χ1n) is 7.08. The number of nitrogens with one attached hydrogen (secondary N) is 1. The molecule has 2 aromatic carbocycles. The average Bonchev–Trinajstić information content (AvgIpc) is 2.89. The molecule has 1 unspecified atom stereocenters. The highest BCUT2D eigenvalue weighted by Crippen LogP contribution is 2.22. The summed E-state index contributed by atoms with van der Waals surface area (Å²) < 4.78 is 0. The van der Waals surface area contributed by atoms with Gasteiger partial charge in [-0.25, -0.2) is 0 Å². The molecule has 0 bridgehead atoms. The molecule has 22 heavy (non-hydrogen) atoms. The summed E-state index contributed by atoms with van der Waals surface area (Å²) in [5, 5.41) is 3.15. The molecule has 2 aromatic rings. The number of hydrogen-bond acceptors (Lipinski definition) is 2. The Hall–Kier alpha value is -2.33. The summed E-state index contributed by atoms with van der Waals surface area (Å²) in [5.74, 6) is -0.412. The van der Waals surface area contributed by atoms with Crippen LogP contribution in [-0.2, 0) is 4.79 Å². The van der Waals surface area contributed by atoms with Crippen LogP contribution in [0.15, 0.2) is 54.6 Å². The van der Waals surface area contributed by atoms with Gasteiger partial charge in [0.05, 0.1) is 10.6 Å². The molecule has 1 fully saturated rings. The van der Waals surface area contributed by atoms with Crippen LogP contribution >= 0.6 is 11.6 Å². The zero-order valence-electron chi connectivity index (χ0n) is 11.8. The molecule has 112 valence electrons. The molecule has 5 heteroatoms. The van der Waals surface area contributed by atoms with E-state index in [9.17, 15) is 9.59 Å². The Labute approximate surface area is 133 Å². The van der Waals surface area contributed by atoms with E-state index < -0.39 is 6.04 Å². The van der Waals surface area contributed by atoms with Crippen molar-refractivity contribution in [1.29, 1.82) is 0 Å². The quantitative estimate of drug-likeness (QED) is 0.947. The number of carbonyl (C=O) groups is 2. The molecule has 1 aliphatic heterocycles. The van der Waals surface area contributed by atoms with Crippen molar-refractivity contribution < 1.29 is 9.59 Å². The maximum atomic E-state index is 12.4. The Balaban J connectivity index is 1.71. The Kier molecular flexibility index (Phi) is 4.11. The van der Waals surface area contributed by atoms with Crippen LogP contribution in [0, 0.1) is 0 Å². The highest BCUT2D eigenvalue weighted by Gasteiger charge is 2.33. The number of hydrogen-bond donors (Lipinski definition) is 1. The van der Waals surface area contributed by atoms with E-state index in [1.165, 1.54) is 0 Å². The molecule has 1 aliphatic rings. The summed E-state index contributed by atoms with van der Waals surface area (Å²) in [4.78, 5) is 26.4. The average molecular weight is 315 g/mol. The van der Waals surface area contributed by atoms with Gasteiger partial charge in [0.2, 0.25) is 5.91 Å². The van der Waals surface area contributed by atoms with Gasteiger partial charge in [-0.05, 0) is 30.7 Å².